The van der Waals surface area contributed by atoms with Crippen LogP contribution in [0.1, 0.15) is 6.92 Å². The van der Waals surface area contributed by atoms with Crippen LogP contribution in [0.5, 0.6) is 0 Å². The number of benzene rings is 2. The van der Waals surface area contributed by atoms with Crippen molar-refractivity contribution in [2.45, 2.75) is 6.92 Å². The number of nitrogens with zero attached hydrogens (tertiary/aromatic N) is 1. The zero-order valence-corrected chi connectivity index (χ0v) is 14.5. The fourth-order valence-electron chi connectivity index (χ4n) is 3.02. The van der Waals surface area contributed by atoms with Crippen molar-refractivity contribution in [3.8, 4) is 0 Å². The van der Waals surface area contributed by atoms with Crippen molar-refractivity contribution in [2.24, 2.45) is 0 Å². The van der Waals surface area contributed by atoms with Gasteiger partial charge in [0.1, 0.15) is 0 Å². The first kappa shape index (κ1) is 17.3. The predicted molar refractivity (Wildman–Crippen MR) is 102 cm³/mol. The van der Waals surface area contributed by atoms with Gasteiger partial charge in [0.15, 0.2) is 5.78 Å². The van der Waals surface area contributed by atoms with E-state index in [0.29, 0.717) is 13.2 Å². The number of carbonyl (C=O) groups is 1. The summed E-state index contributed by atoms with van der Waals surface area (Å²) in [5.41, 5.74) is 2.33. The lowest BCUT2D eigenvalue weighted by molar-refractivity contribution is -0.112. The van der Waals surface area contributed by atoms with Crippen molar-refractivity contribution in [3.05, 3.63) is 72.6 Å². The predicted octanol–water partition coefficient (Wildman–Crippen LogP) is 1.14. The van der Waals surface area contributed by atoms with Crippen LogP contribution in [0.3, 0.4) is 0 Å². The van der Waals surface area contributed by atoms with E-state index in [0.717, 1.165) is 29.8 Å². The van der Waals surface area contributed by atoms with Gasteiger partial charge in [0.2, 0.25) is 0 Å². The van der Waals surface area contributed by atoms with Crippen molar-refractivity contribution in [3.63, 3.8) is 0 Å². The van der Waals surface area contributed by atoms with Crippen molar-refractivity contribution in [1.82, 2.24) is 10.1 Å². The Hall–Kier alpha value is -2.53. The third-order valence-corrected chi connectivity index (χ3v) is 4.25. The first-order valence-electron chi connectivity index (χ1n) is 8.65. The van der Waals surface area contributed by atoms with E-state index in [2.05, 4.69) is 34.4 Å². The number of hydrogen-bond acceptors (Lipinski definition) is 4. The van der Waals surface area contributed by atoms with Crippen molar-refractivity contribution in [1.29, 1.82) is 0 Å². The molecule has 1 aliphatic heterocycles. The van der Waals surface area contributed by atoms with Gasteiger partial charge < -0.3 is 14.9 Å². The fraction of sp³-hybridized carbons (Fsp3) is 0.250. The Balaban J connectivity index is 1.93. The van der Waals surface area contributed by atoms with Crippen molar-refractivity contribution >= 4 is 23.6 Å². The Kier molecular flexibility index (Phi) is 5.91. The molecule has 1 N–H and O–H groups in total. The van der Waals surface area contributed by atoms with Crippen LogP contribution in [0.25, 0.3) is 0 Å². The van der Waals surface area contributed by atoms with Crippen LogP contribution in [0.15, 0.2) is 72.6 Å². The molecule has 0 saturated carbocycles. The van der Waals surface area contributed by atoms with Crippen molar-refractivity contribution in [2.75, 3.05) is 26.3 Å². The molecule has 0 amide bonds. The SMILES string of the molecule is CC(=O)C=C(NB(c1ccccc1)c1ccccc1)N1CCOCC1. The van der Waals surface area contributed by atoms with E-state index < -0.39 is 0 Å². The molecule has 5 heteroatoms. The highest BCUT2D eigenvalue weighted by Gasteiger charge is 2.24. The maximum atomic E-state index is 11.8. The summed E-state index contributed by atoms with van der Waals surface area (Å²) >= 11 is 0. The smallest absolute Gasteiger partial charge is 0.322 e. The molecule has 1 saturated heterocycles. The molecule has 0 unspecified atom stereocenters. The van der Waals surface area contributed by atoms with Crippen LogP contribution in [0.2, 0.25) is 0 Å². The Morgan fingerprint density at radius 1 is 1.00 bits per heavy atom. The van der Waals surface area contributed by atoms with E-state index in [1.54, 1.807) is 13.0 Å². The highest BCUT2D eigenvalue weighted by Crippen LogP contribution is 2.06. The van der Waals surface area contributed by atoms with E-state index in [1.165, 1.54) is 0 Å². The lowest BCUT2D eigenvalue weighted by Crippen LogP contribution is -2.56. The van der Waals surface area contributed by atoms with E-state index in [9.17, 15) is 4.79 Å². The molecule has 0 spiro atoms. The number of allylic oxidation sites excluding steroid dienone is 1. The van der Waals surface area contributed by atoms with Gasteiger partial charge in [0, 0.05) is 19.2 Å². The number of nitrogens with one attached hydrogen (secondary N) is 1. The molecule has 4 nitrogen and oxygen atoms in total. The molecule has 3 rings (SSSR count). The van der Waals surface area contributed by atoms with Crippen LogP contribution in [-0.2, 0) is 9.53 Å². The molecular weight excluding hydrogens is 311 g/mol. The Bertz CT molecular complexity index is 673. The number of ether oxygens (including phenoxy) is 1. The zero-order valence-electron chi connectivity index (χ0n) is 14.5. The van der Waals surface area contributed by atoms with E-state index in [4.69, 9.17) is 4.74 Å². The van der Waals surface area contributed by atoms with Crippen LogP contribution >= 0.6 is 0 Å². The lowest BCUT2D eigenvalue weighted by atomic mass is 9.51. The number of rotatable bonds is 6. The standard InChI is InChI=1S/C20H23BN2O2/c1-17(24)16-20(23-12-14-25-15-13-23)22-21(18-8-4-2-5-9-18)19-10-6-3-7-11-19/h2-11,16,22H,12-15H2,1H3. The summed E-state index contributed by atoms with van der Waals surface area (Å²) in [7, 11) is 0. The van der Waals surface area contributed by atoms with Crippen LogP contribution in [0, 0.1) is 0 Å². The van der Waals surface area contributed by atoms with Gasteiger partial charge in [-0.05, 0) is 6.92 Å². The second kappa shape index (κ2) is 8.54. The fourth-order valence-corrected chi connectivity index (χ4v) is 3.02. The first-order valence-corrected chi connectivity index (χ1v) is 8.65. The van der Waals surface area contributed by atoms with Crippen molar-refractivity contribution < 1.29 is 9.53 Å². The summed E-state index contributed by atoms with van der Waals surface area (Å²) in [6.45, 7) is 4.49. The maximum absolute atomic E-state index is 11.8. The maximum Gasteiger partial charge on any atom is 0.322 e. The zero-order chi connectivity index (χ0) is 17.5. The second-order valence-electron chi connectivity index (χ2n) is 6.14. The molecule has 0 bridgehead atoms. The Morgan fingerprint density at radius 3 is 2.00 bits per heavy atom. The molecule has 1 heterocycles. The normalized spacial score (nSPS) is 14.9. The Labute approximate surface area is 149 Å². The summed E-state index contributed by atoms with van der Waals surface area (Å²) < 4.78 is 5.45. The van der Waals surface area contributed by atoms with Gasteiger partial charge in [-0.2, -0.15) is 0 Å². The van der Waals surface area contributed by atoms with Crippen LogP contribution < -0.4 is 16.2 Å². The molecular formula is C20H23BN2O2. The van der Waals surface area contributed by atoms with E-state index >= 15 is 0 Å². The molecule has 1 aliphatic rings. The summed E-state index contributed by atoms with van der Waals surface area (Å²) in [5.74, 6) is 0.891. The summed E-state index contributed by atoms with van der Waals surface area (Å²) in [4.78, 5) is 14.0. The number of carbonyl (C=O) groups excluding carboxylic acids is 1. The number of ketones is 1. The molecule has 0 aromatic heterocycles. The summed E-state index contributed by atoms with van der Waals surface area (Å²) in [6, 6.07) is 20.6. The largest absolute Gasteiger partial charge is 0.406 e. The minimum absolute atomic E-state index is 0.0177. The third kappa shape index (κ3) is 4.73. The van der Waals surface area contributed by atoms with Gasteiger partial charge in [-0.3, -0.25) is 4.79 Å². The highest BCUT2D eigenvalue weighted by atomic mass is 16.5. The number of hydrogen-bond donors (Lipinski definition) is 1. The average molecular weight is 334 g/mol. The van der Waals surface area contributed by atoms with Crippen LogP contribution in [-0.4, -0.2) is 43.8 Å². The second-order valence-corrected chi connectivity index (χ2v) is 6.14. The van der Waals surface area contributed by atoms with Gasteiger partial charge in [-0.1, -0.05) is 71.6 Å². The first-order chi connectivity index (χ1) is 12.2. The monoisotopic (exact) mass is 334 g/mol. The third-order valence-electron chi connectivity index (χ3n) is 4.25. The van der Waals surface area contributed by atoms with Gasteiger partial charge in [-0.15, -0.1) is 0 Å². The summed E-state index contributed by atoms with van der Waals surface area (Å²) in [6.07, 6.45) is 1.68. The molecule has 0 atom stereocenters. The molecule has 0 aliphatic carbocycles. The minimum atomic E-state index is -0.0177. The Morgan fingerprint density at radius 2 is 1.52 bits per heavy atom. The quantitative estimate of drug-likeness (QED) is 0.636. The van der Waals surface area contributed by atoms with E-state index in [1.807, 2.05) is 36.4 Å². The molecule has 1 fully saturated rings. The van der Waals surface area contributed by atoms with Gasteiger partial charge in [0.05, 0.1) is 19.0 Å². The molecule has 0 radical (unpaired) electrons. The molecule has 128 valence electrons. The highest BCUT2D eigenvalue weighted by molar-refractivity contribution is 6.83. The average Bonchev–Trinajstić information content (AvgIpc) is 2.67. The number of morpholine rings is 1. The van der Waals surface area contributed by atoms with E-state index in [-0.39, 0.29) is 12.6 Å². The van der Waals surface area contributed by atoms with Gasteiger partial charge >= 0.3 is 6.85 Å². The van der Waals surface area contributed by atoms with Gasteiger partial charge in [0.25, 0.3) is 0 Å². The minimum Gasteiger partial charge on any atom is -0.406 e. The topological polar surface area (TPSA) is 41.6 Å². The lowest BCUT2D eigenvalue weighted by Gasteiger charge is -2.33. The molecule has 25 heavy (non-hydrogen) atoms. The summed E-state index contributed by atoms with van der Waals surface area (Å²) in [5, 5.41) is 3.60. The molecule has 2 aromatic carbocycles. The molecule has 2 aromatic rings. The van der Waals surface area contributed by atoms with Gasteiger partial charge in [-0.25, -0.2) is 0 Å². The van der Waals surface area contributed by atoms with Crippen LogP contribution in [0.4, 0.5) is 0 Å².